The van der Waals surface area contributed by atoms with Crippen molar-refractivity contribution in [2.24, 2.45) is 0 Å². The lowest BCUT2D eigenvalue weighted by Gasteiger charge is -2.28. The first kappa shape index (κ1) is 26.9. The van der Waals surface area contributed by atoms with Crippen LogP contribution in [-0.4, -0.2) is 49.0 Å². The van der Waals surface area contributed by atoms with Gasteiger partial charge in [0, 0.05) is 30.9 Å². The molecule has 9 heteroatoms. The summed E-state index contributed by atoms with van der Waals surface area (Å²) in [6.07, 6.45) is 6.09. The Kier molecular flexibility index (Phi) is 7.70. The Bertz CT molecular complexity index is 1510. The maximum atomic E-state index is 15.0. The lowest BCUT2D eigenvalue weighted by molar-refractivity contribution is 0.270. The van der Waals surface area contributed by atoms with Gasteiger partial charge in [-0.25, -0.2) is 28.7 Å². The van der Waals surface area contributed by atoms with Gasteiger partial charge in [0.2, 0.25) is 5.95 Å². The summed E-state index contributed by atoms with van der Waals surface area (Å²) in [5.41, 5.74) is 5.18. The van der Waals surface area contributed by atoms with Crippen molar-refractivity contribution in [2.75, 3.05) is 25.0 Å². The predicted octanol–water partition coefficient (Wildman–Crippen LogP) is 7.08. The van der Waals surface area contributed by atoms with E-state index in [1.807, 2.05) is 37.6 Å². The Morgan fingerprint density at radius 3 is 2.41 bits per heavy atom. The van der Waals surface area contributed by atoms with E-state index in [0.717, 1.165) is 50.7 Å². The Morgan fingerprint density at radius 1 is 1.00 bits per heavy atom. The number of aryl methyl sites for hydroxylation is 1. The number of nitrogens with zero attached hydrogens (tertiary/aromatic N) is 6. The van der Waals surface area contributed by atoms with Gasteiger partial charge in [0.25, 0.3) is 0 Å². The third-order valence-corrected chi connectivity index (χ3v) is 7.50. The first-order valence-corrected chi connectivity index (χ1v) is 13.7. The zero-order chi connectivity index (χ0) is 27.7. The van der Waals surface area contributed by atoms with Crippen molar-refractivity contribution in [1.29, 1.82) is 0 Å². The molecule has 4 aromatic rings. The topological polar surface area (TPSA) is 71.8 Å². The molecule has 1 fully saturated rings. The van der Waals surface area contributed by atoms with Crippen LogP contribution >= 0.6 is 0 Å². The number of rotatable bonds is 7. The molecule has 204 valence electrons. The molecule has 3 aromatic heterocycles. The number of halogens is 2. The van der Waals surface area contributed by atoms with Gasteiger partial charge in [0.15, 0.2) is 11.6 Å². The number of pyridine rings is 1. The van der Waals surface area contributed by atoms with E-state index < -0.39 is 11.6 Å². The number of hydrogen-bond donors (Lipinski definition) is 1. The number of aromatic nitrogens is 5. The molecule has 7 nitrogen and oxygen atoms in total. The van der Waals surface area contributed by atoms with Crippen LogP contribution in [0, 0.1) is 18.6 Å². The lowest BCUT2D eigenvalue weighted by atomic mass is 9.92. The molecule has 1 aliphatic rings. The number of likely N-dealkylation sites (tertiary alicyclic amines) is 1. The number of allylic oxidation sites excluding steroid dienone is 1. The molecule has 5 rings (SSSR count). The van der Waals surface area contributed by atoms with Gasteiger partial charge in [0.05, 0.1) is 11.7 Å². The highest BCUT2D eigenvalue weighted by atomic mass is 19.1. The van der Waals surface area contributed by atoms with E-state index in [2.05, 4.69) is 50.1 Å². The number of imidazole rings is 1. The van der Waals surface area contributed by atoms with Crippen LogP contribution in [0.25, 0.3) is 27.9 Å². The molecule has 0 radical (unpaired) electrons. The smallest absolute Gasteiger partial charge is 0.229 e. The monoisotopic (exact) mass is 531 g/mol. The van der Waals surface area contributed by atoms with E-state index in [9.17, 15) is 8.78 Å². The van der Waals surface area contributed by atoms with Gasteiger partial charge in [0.1, 0.15) is 22.9 Å². The van der Waals surface area contributed by atoms with E-state index >= 15 is 0 Å². The predicted molar refractivity (Wildman–Crippen MR) is 152 cm³/mol. The highest BCUT2D eigenvalue weighted by Gasteiger charge is 2.19. The minimum atomic E-state index is -0.636. The molecular formula is C30H35F2N7. The second-order valence-electron chi connectivity index (χ2n) is 10.3. The highest BCUT2D eigenvalue weighted by Crippen LogP contribution is 2.31. The van der Waals surface area contributed by atoms with Crippen LogP contribution < -0.4 is 5.32 Å². The normalized spacial score (nSPS) is 14.4. The van der Waals surface area contributed by atoms with Crippen molar-refractivity contribution in [3.63, 3.8) is 0 Å². The fourth-order valence-corrected chi connectivity index (χ4v) is 5.55. The van der Waals surface area contributed by atoms with Gasteiger partial charge in [-0.3, -0.25) is 0 Å². The zero-order valence-corrected chi connectivity index (χ0v) is 23.2. The summed E-state index contributed by atoms with van der Waals surface area (Å²) < 4.78 is 31.8. The summed E-state index contributed by atoms with van der Waals surface area (Å²) in [5.74, 6) is 0.276. The molecule has 0 unspecified atom stereocenters. The van der Waals surface area contributed by atoms with E-state index in [1.54, 1.807) is 6.07 Å². The average molecular weight is 532 g/mol. The van der Waals surface area contributed by atoms with Crippen LogP contribution in [0.5, 0.6) is 0 Å². The second kappa shape index (κ2) is 11.2. The van der Waals surface area contributed by atoms with Gasteiger partial charge in [-0.1, -0.05) is 19.4 Å². The molecule has 1 aromatic carbocycles. The van der Waals surface area contributed by atoms with Crippen LogP contribution in [-0.2, 0) is 0 Å². The van der Waals surface area contributed by atoms with Gasteiger partial charge < -0.3 is 14.8 Å². The summed E-state index contributed by atoms with van der Waals surface area (Å²) in [6, 6.07) is 7.00. The van der Waals surface area contributed by atoms with Crippen LogP contribution in [0.4, 0.5) is 20.5 Å². The Labute approximate surface area is 228 Å². The maximum absolute atomic E-state index is 15.0. The minimum Gasteiger partial charge on any atom is -0.326 e. The number of hydrogen-bond acceptors (Lipinski definition) is 6. The summed E-state index contributed by atoms with van der Waals surface area (Å²) >= 11 is 0. The van der Waals surface area contributed by atoms with E-state index in [4.69, 9.17) is 0 Å². The molecule has 0 spiro atoms. The zero-order valence-electron chi connectivity index (χ0n) is 23.2. The molecule has 0 saturated carbocycles. The first-order valence-electron chi connectivity index (χ1n) is 13.7. The largest absolute Gasteiger partial charge is 0.326 e. The number of piperidine rings is 1. The van der Waals surface area contributed by atoms with Crippen LogP contribution in [0.15, 0.2) is 42.2 Å². The number of nitrogens with one attached hydrogen (secondary N) is 1. The third-order valence-electron chi connectivity index (χ3n) is 7.50. The van der Waals surface area contributed by atoms with Crippen molar-refractivity contribution in [3.8, 4) is 11.3 Å². The fourth-order valence-electron chi connectivity index (χ4n) is 5.55. The Hall–Kier alpha value is -3.72. The molecule has 39 heavy (non-hydrogen) atoms. The van der Waals surface area contributed by atoms with Gasteiger partial charge in [-0.2, -0.15) is 0 Å². The van der Waals surface area contributed by atoms with Gasteiger partial charge >= 0.3 is 0 Å². The standard InChI is InChI=1S/C30H35F2N7/c1-6-23(20-10-12-38(7-2)13-11-20)21-8-9-27(33-16-21)36-30-34-17-25(32)28(37-30)22-14-24(31)29-26(15-22)39(18(3)4)19(5)35-29/h8-9,14-18H,6-7,10-13H2,1-5H3,(H,33,34,36,37). The highest BCUT2D eigenvalue weighted by molar-refractivity contribution is 5.83. The van der Waals surface area contributed by atoms with E-state index in [1.165, 1.54) is 17.2 Å². The molecule has 0 aliphatic carbocycles. The fraction of sp³-hybridized carbons (Fsp3) is 0.400. The van der Waals surface area contributed by atoms with Gasteiger partial charge in [-0.05, 0) is 82.0 Å². The average Bonchev–Trinajstić information content (AvgIpc) is 3.28. The quantitative estimate of drug-likeness (QED) is 0.275. The summed E-state index contributed by atoms with van der Waals surface area (Å²) in [5, 5.41) is 3.07. The van der Waals surface area contributed by atoms with Gasteiger partial charge in [-0.15, -0.1) is 0 Å². The van der Waals surface area contributed by atoms with E-state index in [0.29, 0.717) is 22.7 Å². The van der Waals surface area contributed by atoms with Crippen LogP contribution in [0.1, 0.15) is 64.4 Å². The molecule has 0 amide bonds. The lowest BCUT2D eigenvalue weighted by Crippen LogP contribution is -2.30. The Balaban J connectivity index is 1.41. The molecule has 0 atom stereocenters. The van der Waals surface area contributed by atoms with Crippen molar-refractivity contribution < 1.29 is 8.78 Å². The number of fused-ring (bicyclic) bond motifs is 1. The van der Waals surface area contributed by atoms with E-state index in [-0.39, 0.29) is 23.2 Å². The summed E-state index contributed by atoms with van der Waals surface area (Å²) in [7, 11) is 0. The summed E-state index contributed by atoms with van der Waals surface area (Å²) in [6.45, 7) is 13.5. The number of benzene rings is 1. The third kappa shape index (κ3) is 5.41. The van der Waals surface area contributed by atoms with Crippen molar-refractivity contribution in [3.05, 3.63) is 65.3 Å². The van der Waals surface area contributed by atoms with Crippen LogP contribution in [0.2, 0.25) is 0 Å². The summed E-state index contributed by atoms with van der Waals surface area (Å²) in [4.78, 5) is 19.9. The molecule has 1 N–H and O–H groups in total. The molecular weight excluding hydrogens is 496 g/mol. The maximum Gasteiger partial charge on any atom is 0.229 e. The second-order valence-corrected chi connectivity index (χ2v) is 10.3. The molecule has 1 saturated heterocycles. The number of anilines is 2. The van der Waals surface area contributed by atoms with Crippen molar-refractivity contribution in [1.82, 2.24) is 29.4 Å². The molecule has 1 aliphatic heterocycles. The molecule has 0 bridgehead atoms. The van der Waals surface area contributed by atoms with Crippen molar-refractivity contribution >= 4 is 28.4 Å². The van der Waals surface area contributed by atoms with Crippen molar-refractivity contribution in [2.45, 2.75) is 59.9 Å². The minimum absolute atomic E-state index is 0.00973. The molecule has 4 heterocycles. The first-order chi connectivity index (χ1) is 18.8. The SMILES string of the molecule is CCC(=C1CCN(CC)CC1)c1ccc(Nc2ncc(F)c(-c3cc(F)c4nc(C)n(C(C)C)c4c3)n2)nc1. The Morgan fingerprint density at radius 2 is 1.77 bits per heavy atom. The van der Waals surface area contributed by atoms with Crippen LogP contribution in [0.3, 0.4) is 0 Å².